The molecule has 0 saturated carbocycles. The van der Waals surface area contributed by atoms with E-state index in [4.69, 9.17) is 0 Å². The molecule has 1 nitrogen and oxygen atoms in total. The molecule has 0 rings (SSSR count). The Morgan fingerprint density at radius 3 is 2.40 bits per heavy atom. The molecule has 1 unspecified atom stereocenters. The molecular formula is C14H21N. The highest BCUT2D eigenvalue weighted by atomic mass is 14.7. The second kappa shape index (κ2) is 6.99. The molecule has 0 aliphatic rings. The maximum atomic E-state index is 4.16. The second-order valence-electron chi connectivity index (χ2n) is 3.71. The average Bonchev–Trinajstić information content (AvgIpc) is 2.18. The van der Waals surface area contributed by atoms with Gasteiger partial charge in [-0.2, -0.15) is 0 Å². The van der Waals surface area contributed by atoms with Gasteiger partial charge in [0, 0.05) is 18.7 Å². The predicted molar refractivity (Wildman–Crippen MR) is 70.4 cm³/mol. The number of hydrogen-bond donors (Lipinski definition) is 0. The fourth-order valence-corrected chi connectivity index (χ4v) is 1.21. The first kappa shape index (κ1) is 13.6. The van der Waals surface area contributed by atoms with Gasteiger partial charge in [-0.3, -0.25) is 4.99 Å². The first-order valence-electron chi connectivity index (χ1n) is 5.11. The average molecular weight is 203 g/mol. The summed E-state index contributed by atoms with van der Waals surface area (Å²) in [5.74, 6) is 0.230. The largest absolute Gasteiger partial charge is 0.292 e. The molecule has 0 N–H and O–H groups in total. The molecule has 82 valence electrons. The molecule has 15 heavy (non-hydrogen) atoms. The lowest BCUT2D eigenvalue weighted by Crippen LogP contribution is -2.09. The summed E-state index contributed by atoms with van der Waals surface area (Å²) in [6, 6.07) is 0. The summed E-state index contributed by atoms with van der Waals surface area (Å²) in [4.78, 5) is 4.16. The molecule has 0 aromatic rings. The summed E-state index contributed by atoms with van der Waals surface area (Å²) < 4.78 is 0. The van der Waals surface area contributed by atoms with E-state index in [1.54, 1.807) is 13.1 Å². The third-order valence-corrected chi connectivity index (χ3v) is 2.27. The number of rotatable bonds is 6. The van der Waals surface area contributed by atoms with Crippen LogP contribution < -0.4 is 0 Å². The molecule has 0 aliphatic carbocycles. The number of allylic oxidation sites excluding steroid dienone is 5. The van der Waals surface area contributed by atoms with Crippen molar-refractivity contribution < 1.29 is 0 Å². The van der Waals surface area contributed by atoms with Gasteiger partial charge in [0.25, 0.3) is 0 Å². The minimum absolute atomic E-state index is 0.230. The maximum absolute atomic E-state index is 4.16. The number of aliphatic imine (C=N–C) groups is 1. The van der Waals surface area contributed by atoms with Crippen molar-refractivity contribution in [2.45, 2.75) is 20.3 Å². The number of hydrogen-bond acceptors (Lipinski definition) is 1. The van der Waals surface area contributed by atoms with Crippen LogP contribution in [0.1, 0.15) is 20.3 Å². The van der Waals surface area contributed by atoms with Crippen LogP contribution in [0.3, 0.4) is 0 Å². The van der Waals surface area contributed by atoms with Crippen molar-refractivity contribution in [3.05, 3.63) is 49.1 Å². The van der Waals surface area contributed by atoms with Gasteiger partial charge < -0.3 is 0 Å². The van der Waals surface area contributed by atoms with Crippen LogP contribution in [0, 0.1) is 5.92 Å². The third kappa shape index (κ3) is 5.16. The monoisotopic (exact) mass is 203 g/mol. The molecule has 0 aromatic heterocycles. The molecule has 0 amide bonds. The van der Waals surface area contributed by atoms with E-state index in [0.29, 0.717) is 0 Å². The molecule has 0 radical (unpaired) electrons. The van der Waals surface area contributed by atoms with Crippen molar-refractivity contribution in [3.8, 4) is 0 Å². The van der Waals surface area contributed by atoms with Crippen LogP contribution in [0.2, 0.25) is 0 Å². The van der Waals surface area contributed by atoms with Crippen LogP contribution in [-0.2, 0) is 0 Å². The Labute approximate surface area is 93.6 Å². The smallest absolute Gasteiger partial charge is 0.0410 e. The highest BCUT2D eigenvalue weighted by Crippen LogP contribution is 2.13. The zero-order chi connectivity index (χ0) is 11.8. The van der Waals surface area contributed by atoms with Gasteiger partial charge in [0.05, 0.1) is 0 Å². The lowest BCUT2D eigenvalue weighted by atomic mass is 9.96. The summed E-state index contributed by atoms with van der Waals surface area (Å²) in [5.41, 5.74) is 3.18. The molecule has 1 atom stereocenters. The van der Waals surface area contributed by atoms with E-state index >= 15 is 0 Å². The van der Waals surface area contributed by atoms with E-state index in [2.05, 4.69) is 37.7 Å². The van der Waals surface area contributed by atoms with Crippen molar-refractivity contribution in [2.75, 3.05) is 7.05 Å². The first-order valence-corrected chi connectivity index (χ1v) is 5.11. The van der Waals surface area contributed by atoms with Gasteiger partial charge >= 0.3 is 0 Å². The highest BCUT2D eigenvalue weighted by molar-refractivity contribution is 5.98. The maximum Gasteiger partial charge on any atom is 0.0410 e. The van der Waals surface area contributed by atoms with Crippen LogP contribution in [-0.4, -0.2) is 12.8 Å². The first-order chi connectivity index (χ1) is 7.02. The second-order valence-corrected chi connectivity index (χ2v) is 3.71. The fourth-order valence-electron chi connectivity index (χ4n) is 1.21. The van der Waals surface area contributed by atoms with E-state index in [1.807, 2.05) is 13.0 Å². The van der Waals surface area contributed by atoms with Crippen molar-refractivity contribution in [3.63, 3.8) is 0 Å². The summed E-state index contributed by atoms with van der Waals surface area (Å²) >= 11 is 0. The van der Waals surface area contributed by atoms with E-state index < -0.39 is 0 Å². The van der Waals surface area contributed by atoms with Crippen LogP contribution in [0.25, 0.3) is 0 Å². The molecule has 0 heterocycles. The standard InChI is InChI=1S/C14H21N/c1-7-14(15-6)13(5)12(4)10-8-9-11(2)3/h7-8,10,13H,1-2,4,9H2,3,5-6H3/b10-8-,15-14+. The molecule has 0 aromatic carbocycles. The van der Waals surface area contributed by atoms with Crippen LogP contribution >= 0.6 is 0 Å². The van der Waals surface area contributed by atoms with Gasteiger partial charge in [-0.1, -0.05) is 44.4 Å². The molecule has 0 spiro atoms. The summed E-state index contributed by atoms with van der Waals surface area (Å²) in [6.45, 7) is 15.7. The van der Waals surface area contributed by atoms with Crippen LogP contribution in [0.5, 0.6) is 0 Å². The van der Waals surface area contributed by atoms with Gasteiger partial charge in [0.2, 0.25) is 0 Å². The van der Waals surface area contributed by atoms with Crippen molar-refractivity contribution >= 4 is 5.71 Å². The molecular weight excluding hydrogens is 182 g/mol. The molecule has 1 heteroatoms. The van der Waals surface area contributed by atoms with Gasteiger partial charge in [0.15, 0.2) is 0 Å². The van der Waals surface area contributed by atoms with Crippen LogP contribution in [0.4, 0.5) is 0 Å². The quantitative estimate of drug-likeness (QED) is 0.352. The van der Waals surface area contributed by atoms with Crippen molar-refractivity contribution in [2.24, 2.45) is 10.9 Å². The lowest BCUT2D eigenvalue weighted by Gasteiger charge is -2.11. The molecule has 0 bridgehead atoms. The molecule has 0 fully saturated rings. The zero-order valence-corrected chi connectivity index (χ0v) is 10.1. The van der Waals surface area contributed by atoms with E-state index in [-0.39, 0.29) is 5.92 Å². The summed E-state index contributed by atoms with van der Waals surface area (Å²) in [5, 5.41) is 0. The lowest BCUT2D eigenvalue weighted by molar-refractivity contribution is 0.949. The third-order valence-electron chi connectivity index (χ3n) is 2.27. The normalized spacial score (nSPS) is 13.9. The van der Waals surface area contributed by atoms with Gasteiger partial charge in [-0.25, -0.2) is 0 Å². The SMILES string of the molecule is C=C/C(=N\C)C(C)C(=C)/C=C\CC(=C)C. The van der Waals surface area contributed by atoms with Crippen molar-refractivity contribution in [1.82, 2.24) is 0 Å². The minimum atomic E-state index is 0.230. The molecule has 0 saturated heterocycles. The summed E-state index contributed by atoms with van der Waals surface area (Å²) in [6.07, 6.45) is 6.80. The Kier molecular flexibility index (Phi) is 6.35. The zero-order valence-electron chi connectivity index (χ0n) is 10.1. The Balaban J connectivity index is 4.39. The van der Waals surface area contributed by atoms with Crippen molar-refractivity contribution in [1.29, 1.82) is 0 Å². The van der Waals surface area contributed by atoms with E-state index in [0.717, 1.165) is 23.3 Å². The Morgan fingerprint density at radius 2 is 2.00 bits per heavy atom. The highest BCUT2D eigenvalue weighted by Gasteiger charge is 2.07. The van der Waals surface area contributed by atoms with Crippen LogP contribution in [0.15, 0.2) is 54.1 Å². The fraction of sp³-hybridized carbons (Fsp3) is 0.357. The van der Waals surface area contributed by atoms with E-state index in [9.17, 15) is 0 Å². The topological polar surface area (TPSA) is 12.4 Å². The Bertz CT molecular complexity index is 305. The van der Waals surface area contributed by atoms with Gasteiger partial charge in [0.1, 0.15) is 0 Å². The molecule has 0 aliphatic heterocycles. The summed E-state index contributed by atoms with van der Waals surface area (Å²) in [7, 11) is 1.78. The minimum Gasteiger partial charge on any atom is -0.292 e. The van der Waals surface area contributed by atoms with Gasteiger partial charge in [-0.05, 0) is 25.0 Å². The predicted octanol–water partition coefficient (Wildman–Crippen LogP) is 3.96. The van der Waals surface area contributed by atoms with E-state index in [1.165, 1.54) is 0 Å². The number of nitrogens with zero attached hydrogens (tertiary/aromatic N) is 1. The Hall–Kier alpha value is -1.37. The van der Waals surface area contributed by atoms with Gasteiger partial charge in [-0.15, -0.1) is 0 Å². The Morgan fingerprint density at radius 1 is 1.40 bits per heavy atom.